The standard InChI is InChI=1S/C14H12ClN3O3/c15-10-4-1-5-11(12(10)13(19)20)18-14(21)17-8-9-3-2-6-16-7-9/h1-7H,8H2,(H,19,20)(H2,17,18,21). The lowest BCUT2D eigenvalue weighted by molar-refractivity contribution is 0.0698. The molecule has 1 aromatic heterocycles. The molecule has 0 atom stereocenters. The Hall–Kier alpha value is -2.60. The Morgan fingerprint density at radius 1 is 1.24 bits per heavy atom. The maximum atomic E-state index is 11.8. The van der Waals surface area contributed by atoms with Crippen molar-refractivity contribution in [3.8, 4) is 0 Å². The van der Waals surface area contributed by atoms with Crippen molar-refractivity contribution in [3.63, 3.8) is 0 Å². The van der Waals surface area contributed by atoms with Gasteiger partial charge in [-0.1, -0.05) is 23.7 Å². The lowest BCUT2D eigenvalue weighted by atomic mass is 10.2. The molecule has 0 saturated heterocycles. The van der Waals surface area contributed by atoms with E-state index in [1.807, 2.05) is 6.07 Å². The number of hydrogen-bond acceptors (Lipinski definition) is 3. The van der Waals surface area contributed by atoms with E-state index in [2.05, 4.69) is 15.6 Å². The smallest absolute Gasteiger partial charge is 0.339 e. The summed E-state index contributed by atoms with van der Waals surface area (Å²) in [6.07, 6.45) is 3.26. The van der Waals surface area contributed by atoms with Crippen molar-refractivity contribution < 1.29 is 14.7 Å². The number of carboxylic acid groups (broad SMARTS) is 1. The van der Waals surface area contributed by atoms with Crippen LogP contribution in [0.4, 0.5) is 10.5 Å². The van der Waals surface area contributed by atoms with Gasteiger partial charge in [-0.25, -0.2) is 9.59 Å². The van der Waals surface area contributed by atoms with Crippen LogP contribution < -0.4 is 10.6 Å². The zero-order valence-corrected chi connectivity index (χ0v) is 11.6. The van der Waals surface area contributed by atoms with Gasteiger partial charge in [-0.05, 0) is 23.8 Å². The van der Waals surface area contributed by atoms with E-state index in [0.717, 1.165) is 5.56 Å². The number of nitrogens with zero attached hydrogens (tertiary/aromatic N) is 1. The number of pyridine rings is 1. The molecule has 0 aliphatic carbocycles. The van der Waals surface area contributed by atoms with Crippen LogP contribution >= 0.6 is 11.6 Å². The van der Waals surface area contributed by atoms with Crippen molar-refractivity contribution in [1.29, 1.82) is 0 Å². The van der Waals surface area contributed by atoms with Crippen molar-refractivity contribution in [2.75, 3.05) is 5.32 Å². The number of rotatable bonds is 4. The van der Waals surface area contributed by atoms with Crippen LogP contribution in [0.15, 0.2) is 42.7 Å². The molecule has 108 valence electrons. The van der Waals surface area contributed by atoms with Crippen molar-refractivity contribution >= 4 is 29.3 Å². The van der Waals surface area contributed by atoms with Gasteiger partial charge in [0.1, 0.15) is 5.56 Å². The molecular weight excluding hydrogens is 294 g/mol. The van der Waals surface area contributed by atoms with Crippen LogP contribution in [-0.4, -0.2) is 22.1 Å². The largest absolute Gasteiger partial charge is 0.478 e. The Balaban J connectivity index is 2.03. The van der Waals surface area contributed by atoms with Crippen LogP contribution in [0.2, 0.25) is 5.02 Å². The number of hydrogen-bond donors (Lipinski definition) is 3. The lowest BCUT2D eigenvalue weighted by Gasteiger charge is -2.10. The highest BCUT2D eigenvalue weighted by molar-refractivity contribution is 6.34. The van der Waals surface area contributed by atoms with E-state index < -0.39 is 12.0 Å². The molecule has 3 N–H and O–H groups in total. The van der Waals surface area contributed by atoms with Gasteiger partial charge in [0, 0.05) is 18.9 Å². The molecule has 0 aliphatic heterocycles. The maximum absolute atomic E-state index is 11.8. The SMILES string of the molecule is O=C(NCc1cccnc1)Nc1cccc(Cl)c1C(=O)O. The van der Waals surface area contributed by atoms with Crippen LogP contribution in [0.3, 0.4) is 0 Å². The first-order chi connectivity index (χ1) is 10.1. The Morgan fingerprint density at radius 3 is 2.71 bits per heavy atom. The van der Waals surface area contributed by atoms with E-state index in [4.69, 9.17) is 16.7 Å². The van der Waals surface area contributed by atoms with Gasteiger partial charge in [-0.2, -0.15) is 0 Å². The van der Waals surface area contributed by atoms with Crippen molar-refractivity contribution in [2.45, 2.75) is 6.54 Å². The first kappa shape index (κ1) is 14.8. The highest BCUT2D eigenvalue weighted by Crippen LogP contribution is 2.24. The molecule has 1 heterocycles. The molecule has 0 saturated carbocycles. The number of amides is 2. The van der Waals surface area contributed by atoms with Crippen LogP contribution in [0.25, 0.3) is 0 Å². The fourth-order valence-corrected chi connectivity index (χ4v) is 1.95. The number of nitrogens with one attached hydrogen (secondary N) is 2. The van der Waals surface area contributed by atoms with E-state index >= 15 is 0 Å². The maximum Gasteiger partial charge on any atom is 0.339 e. The second-order valence-electron chi connectivity index (χ2n) is 4.14. The average molecular weight is 306 g/mol. The van der Waals surface area contributed by atoms with E-state index in [9.17, 15) is 9.59 Å². The molecular formula is C14H12ClN3O3. The monoisotopic (exact) mass is 305 g/mol. The normalized spacial score (nSPS) is 9.95. The molecule has 2 amide bonds. The van der Waals surface area contributed by atoms with Crippen molar-refractivity contribution in [2.24, 2.45) is 0 Å². The fraction of sp³-hybridized carbons (Fsp3) is 0.0714. The summed E-state index contributed by atoms with van der Waals surface area (Å²) in [6, 6.07) is 7.53. The number of urea groups is 1. The number of anilines is 1. The number of carbonyl (C=O) groups excluding carboxylic acids is 1. The predicted molar refractivity (Wildman–Crippen MR) is 78.5 cm³/mol. The molecule has 21 heavy (non-hydrogen) atoms. The summed E-state index contributed by atoms with van der Waals surface area (Å²) in [6.45, 7) is 0.280. The Bertz CT molecular complexity index is 662. The van der Waals surface area contributed by atoms with E-state index in [1.54, 1.807) is 24.5 Å². The number of carbonyl (C=O) groups is 2. The zero-order valence-electron chi connectivity index (χ0n) is 10.8. The molecule has 0 radical (unpaired) electrons. The van der Waals surface area contributed by atoms with E-state index in [0.29, 0.717) is 0 Å². The zero-order chi connectivity index (χ0) is 15.2. The molecule has 7 heteroatoms. The predicted octanol–water partition coefficient (Wildman–Crippen LogP) is 2.75. The third-order valence-corrected chi connectivity index (χ3v) is 2.97. The molecule has 1 aromatic carbocycles. The Labute approximate surface area is 125 Å². The van der Waals surface area contributed by atoms with Gasteiger partial charge in [0.25, 0.3) is 0 Å². The van der Waals surface area contributed by atoms with Gasteiger partial charge >= 0.3 is 12.0 Å². The van der Waals surface area contributed by atoms with Gasteiger partial charge < -0.3 is 15.7 Å². The first-order valence-electron chi connectivity index (χ1n) is 6.03. The number of aromatic carboxylic acids is 1. The summed E-state index contributed by atoms with van der Waals surface area (Å²) < 4.78 is 0. The minimum atomic E-state index is -1.21. The second-order valence-corrected chi connectivity index (χ2v) is 4.54. The van der Waals surface area contributed by atoms with Crippen molar-refractivity contribution in [1.82, 2.24) is 10.3 Å². The molecule has 2 aromatic rings. The molecule has 0 spiro atoms. The van der Waals surface area contributed by atoms with Crippen molar-refractivity contribution in [3.05, 3.63) is 58.9 Å². The topological polar surface area (TPSA) is 91.3 Å². The van der Waals surface area contributed by atoms with E-state index in [1.165, 1.54) is 12.1 Å². The quantitative estimate of drug-likeness (QED) is 0.810. The molecule has 2 rings (SSSR count). The number of carboxylic acids is 1. The second kappa shape index (κ2) is 6.71. The summed E-state index contributed by atoms with van der Waals surface area (Å²) >= 11 is 5.82. The molecule has 0 aliphatic rings. The minimum Gasteiger partial charge on any atom is -0.478 e. The first-order valence-corrected chi connectivity index (χ1v) is 6.41. The minimum absolute atomic E-state index is 0.0626. The highest BCUT2D eigenvalue weighted by atomic mass is 35.5. The van der Waals surface area contributed by atoms with Gasteiger partial charge in [-0.15, -0.1) is 0 Å². The Kier molecular flexibility index (Phi) is 4.73. The van der Waals surface area contributed by atoms with Crippen LogP contribution in [0.5, 0.6) is 0 Å². The van der Waals surface area contributed by atoms with Crippen LogP contribution in [0, 0.1) is 0 Å². The summed E-state index contributed by atoms with van der Waals surface area (Å²) in [5.74, 6) is -1.21. The number of benzene rings is 1. The summed E-state index contributed by atoms with van der Waals surface area (Å²) in [5.41, 5.74) is 0.826. The van der Waals surface area contributed by atoms with Crippen LogP contribution in [0.1, 0.15) is 15.9 Å². The molecule has 6 nitrogen and oxygen atoms in total. The average Bonchev–Trinajstić information content (AvgIpc) is 2.46. The Morgan fingerprint density at radius 2 is 2.05 bits per heavy atom. The highest BCUT2D eigenvalue weighted by Gasteiger charge is 2.15. The molecule has 0 bridgehead atoms. The summed E-state index contributed by atoms with van der Waals surface area (Å²) in [4.78, 5) is 26.9. The van der Waals surface area contributed by atoms with Gasteiger partial charge in [-0.3, -0.25) is 4.98 Å². The lowest BCUT2D eigenvalue weighted by Crippen LogP contribution is -2.29. The van der Waals surface area contributed by atoms with Gasteiger partial charge in [0.05, 0.1) is 10.7 Å². The molecule has 0 fully saturated rings. The summed E-state index contributed by atoms with van der Waals surface area (Å²) in [7, 11) is 0. The molecule has 0 unspecified atom stereocenters. The van der Waals surface area contributed by atoms with Gasteiger partial charge in [0.2, 0.25) is 0 Å². The third-order valence-electron chi connectivity index (χ3n) is 2.65. The number of aromatic nitrogens is 1. The summed E-state index contributed by atoms with van der Waals surface area (Å²) in [5, 5.41) is 14.2. The number of halogens is 1. The third kappa shape index (κ3) is 3.93. The van der Waals surface area contributed by atoms with Crippen LogP contribution in [-0.2, 0) is 6.54 Å². The van der Waals surface area contributed by atoms with Gasteiger partial charge in [0.15, 0.2) is 0 Å². The fourth-order valence-electron chi connectivity index (χ4n) is 1.70. The van der Waals surface area contributed by atoms with E-state index in [-0.39, 0.29) is 22.8 Å².